The summed E-state index contributed by atoms with van der Waals surface area (Å²) in [5, 5.41) is 0. The molecule has 0 aromatic rings. The Labute approximate surface area is 86.8 Å². The van der Waals surface area contributed by atoms with Gasteiger partial charge < -0.3 is 8.91 Å². The molecule has 0 rings (SSSR count). The molecular formula is C6H16O2Si4. The molecule has 0 radical (unpaired) electrons. The summed E-state index contributed by atoms with van der Waals surface area (Å²) in [7, 11) is 1.59. The van der Waals surface area contributed by atoms with Crippen molar-refractivity contribution in [2.75, 3.05) is 0 Å². The van der Waals surface area contributed by atoms with Gasteiger partial charge in [-0.05, 0) is 9.68 Å². The largest absolute Gasteiger partial charge is 0.521 e. The molecule has 0 aliphatic heterocycles. The van der Waals surface area contributed by atoms with Gasteiger partial charge in [-0.2, -0.15) is 6.00 Å². The fourth-order valence-electron chi connectivity index (χ4n) is 0.0340. The van der Waals surface area contributed by atoms with E-state index in [-0.39, 0.29) is 34.7 Å². The predicted octanol–water partition coefficient (Wildman–Crippen LogP) is -0.399. The Balaban J connectivity index is -0.0000000138. The third kappa shape index (κ3) is 281. The highest BCUT2D eigenvalue weighted by atomic mass is 28.3. The molecule has 0 saturated heterocycles. The molecule has 0 aliphatic rings. The van der Waals surface area contributed by atoms with Crippen LogP contribution >= 0.6 is 0 Å². The molecule has 0 heterocycles. The summed E-state index contributed by atoms with van der Waals surface area (Å²) in [6.07, 6.45) is 0. The maximum Gasteiger partial charge on any atom is 0.240 e. The molecule has 0 amide bonds. The van der Waals surface area contributed by atoms with Crippen molar-refractivity contribution in [3.63, 3.8) is 0 Å². The third-order valence-electron chi connectivity index (χ3n) is 0.118. The molecule has 68 valence electrons. The fraction of sp³-hybridized carbons (Fsp3) is 0.333. The van der Waals surface area contributed by atoms with E-state index in [1.165, 1.54) is 0 Å². The second kappa shape index (κ2) is 75.6. The van der Waals surface area contributed by atoms with Crippen molar-refractivity contribution in [2.45, 2.75) is 14.9 Å². The SMILES string of the molecule is C.C.C#[SiH].C#[Si]O.C#[Si]O[Si]#C.[HH]. The van der Waals surface area contributed by atoms with Gasteiger partial charge in [0.05, 0.1) is 0 Å². The first-order valence-corrected chi connectivity index (χ1v) is 5.49. The summed E-state index contributed by atoms with van der Waals surface area (Å²) in [4.78, 5) is 7.38. The molecule has 12 heavy (non-hydrogen) atoms. The lowest BCUT2D eigenvalue weighted by Crippen LogP contribution is -1.76. The Hall–Kier alpha value is -0.412. The molecular weight excluding hydrogens is 216 g/mol. The van der Waals surface area contributed by atoms with Crippen molar-refractivity contribution in [3.05, 3.63) is 0 Å². The molecule has 6 heteroatoms. The maximum atomic E-state index is 7.38. The molecule has 0 unspecified atom stereocenters. The smallest absolute Gasteiger partial charge is 0.240 e. The summed E-state index contributed by atoms with van der Waals surface area (Å²) >= 11 is 0. The lowest BCUT2D eigenvalue weighted by molar-refractivity contribution is 0.625. The van der Waals surface area contributed by atoms with Crippen molar-refractivity contribution in [1.29, 1.82) is 0 Å². The van der Waals surface area contributed by atoms with Crippen molar-refractivity contribution < 1.29 is 10.3 Å². The van der Waals surface area contributed by atoms with Crippen molar-refractivity contribution in [1.82, 2.24) is 0 Å². The molecule has 0 bridgehead atoms. The van der Waals surface area contributed by atoms with E-state index in [0.717, 1.165) is 0 Å². The molecule has 0 aliphatic carbocycles. The Morgan fingerprint density at radius 3 is 1.25 bits per heavy atom. The first kappa shape index (κ1) is 29.9. The van der Waals surface area contributed by atoms with Gasteiger partial charge in [-0.1, -0.05) is 14.9 Å². The summed E-state index contributed by atoms with van der Waals surface area (Å²) in [5.41, 5.74) is 0. The van der Waals surface area contributed by atoms with E-state index in [1.54, 1.807) is 0 Å². The van der Waals surface area contributed by atoms with Gasteiger partial charge in [-0.25, -0.2) is 0 Å². The van der Waals surface area contributed by atoms with E-state index in [4.69, 9.17) is 16.8 Å². The normalized spacial score (nSPS) is 2.25. The van der Waals surface area contributed by atoms with Gasteiger partial charge in [-0.3, -0.25) is 0 Å². The molecule has 1 N–H and O–H groups in total. The van der Waals surface area contributed by atoms with Gasteiger partial charge >= 0.3 is 0 Å². The van der Waals surface area contributed by atoms with Crippen LogP contribution < -0.4 is 0 Å². The van der Waals surface area contributed by atoms with Crippen LogP contribution in [0.3, 0.4) is 0 Å². The summed E-state index contributed by atoms with van der Waals surface area (Å²) in [5.74, 6) is 0. The molecule has 2 nitrogen and oxygen atoms in total. The molecule has 0 fully saturated rings. The predicted molar refractivity (Wildman–Crippen MR) is 63.1 cm³/mol. The average molecular weight is 233 g/mol. The van der Waals surface area contributed by atoms with Crippen LogP contribution in [0.2, 0.25) is 0 Å². The molecule has 0 aromatic carbocycles. The fourth-order valence-corrected chi connectivity index (χ4v) is 0.306. The first-order valence-electron chi connectivity index (χ1n) is 1.83. The lowest BCUT2D eigenvalue weighted by Gasteiger charge is -1.66. The number of hydrogen-bond donors (Lipinski definition) is 1. The van der Waals surface area contributed by atoms with Gasteiger partial charge in [0.15, 0.2) is 0 Å². The second-order valence-corrected chi connectivity index (χ2v) is 2.01. The van der Waals surface area contributed by atoms with Crippen LogP contribution in [0.1, 0.15) is 16.3 Å². The van der Waals surface area contributed by atoms with Crippen molar-refractivity contribution in [2.24, 2.45) is 0 Å². The van der Waals surface area contributed by atoms with E-state index in [0.29, 0.717) is 0 Å². The van der Waals surface area contributed by atoms with E-state index < -0.39 is 9.20 Å². The Kier molecular flexibility index (Phi) is 189. The molecule has 0 saturated carbocycles. The standard InChI is InChI=1S/C2H2OSi2.CH2OSi.CH2Si.2CH4.H2/c1-4-3-5-2;1-3-2;1-2;;;/h1-2H;1-2H;1-2H;2*1H4;1H. The van der Waals surface area contributed by atoms with Crippen LogP contribution in [0.15, 0.2) is 0 Å². The third-order valence-corrected chi connectivity index (χ3v) is 1.06. The highest BCUT2D eigenvalue weighted by Gasteiger charge is 1.47. The quantitative estimate of drug-likeness (QED) is 0.576. The maximum absolute atomic E-state index is 7.38. The Morgan fingerprint density at radius 1 is 1.08 bits per heavy atom. The second-order valence-electron chi connectivity index (χ2n) is 0.467. The van der Waals surface area contributed by atoms with Crippen molar-refractivity contribution >= 4 is 37.3 Å². The van der Waals surface area contributed by atoms with Gasteiger partial charge in [-0.15, -0.1) is 18.0 Å². The van der Waals surface area contributed by atoms with E-state index in [9.17, 15) is 0 Å². The first-order chi connectivity index (χ1) is 4.83. The zero-order valence-electron chi connectivity index (χ0n) is 5.24. The van der Waals surface area contributed by atoms with Crippen molar-refractivity contribution in [3.8, 4) is 24.0 Å². The zero-order valence-corrected chi connectivity index (χ0v) is 9.40. The van der Waals surface area contributed by atoms with Gasteiger partial charge in [0.1, 0.15) is 0 Å². The minimum Gasteiger partial charge on any atom is -0.521 e. The van der Waals surface area contributed by atoms with Crippen LogP contribution in [0.25, 0.3) is 0 Å². The molecule has 0 aromatic heterocycles. The highest BCUT2D eigenvalue weighted by Crippen LogP contribution is 1.32. The summed E-state index contributed by atoms with van der Waals surface area (Å²) in [6, 6.07) is 18.6. The summed E-state index contributed by atoms with van der Waals surface area (Å²) < 4.78 is 4.44. The minimum atomic E-state index is -0.417. The lowest BCUT2D eigenvalue weighted by atomic mass is 12.0. The van der Waals surface area contributed by atoms with Gasteiger partial charge in [0, 0.05) is 1.43 Å². The van der Waals surface area contributed by atoms with Gasteiger partial charge in [0.25, 0.3) is 0 Å². The number of hydrogen-bond acceptors (Lipinski definition) is 2. The molecule has 0 spiro atoms. The minimum absolute atomic E-state index is 0. The average Bonchev–Trinajstić information content (AvgIpc) is 1.96. The topological polar surface area (TPSA) is 29.5 Å². The van der Waals surface area contributed by atoms with Crippen LogP contribution in [-0.4, -0.2) is 42.1 Å². The van der Waals surface area contributed by atoms with E-state index in [1.807, 2.05) is 9.68 Å². The monoisotopic (exact) mass is 232 g/mol. The van der Waals surface area contributed by atoms with Crippen LogP contribution in [-0.2, 0) is 4.12 Å². The van der Waals surface area contributed by atoms with Crippen LogP contribution in [0.5, 0.6) is 0 Å². The van der Waals surface area contributed by atoms with E-state index in [2.05, 4.69) is 16.1 Å². The zero-order chi connectivity index (χ0) is 8.83. The summed E-state index contributed by atoms with van der Waals surface area (Å²) in [6.45, 7) is 0. The van der Waals surface area contributed by atoms with Crippen LogP contribution in [0, 0.1) is 24.0 Å². The Bertz CT molecular complexity index is 174. The number of rotatable bonds is 0. The molecule has 0 atom stereocenters. The van der Waals surface area contributed by atoms with Gasteiger partial charge in [0.2, 0.25) is 27.6 Å². The van der Waals surface area contributed by atoms with E-state index >= 15 is 0 Å². The highest BCUT2D eigenvalue weighted by molar-refractivity contribution is 6.28. The Morgan fingerprint density at radius 2 is 1.25 bits per heavy atom. The van der Waals surface area contributed by atoms with Crippen LogP contribution in [0.4, 0.5) is 0 Å².